The maximum absolute atomic E-state index is 6.32. The first-order chi connectivity index (χ1) is 19.3. The summed E-state index contributed by atoms with van der Waals surface area (Å²) in [5.41, 5.74) is 9.20. The summed E-state index contributed by atoms with van der Waals surface area (Å²) in [4.78, 5) is 0. The van der Waals surface area contributed by atoms with E-state index in [-0.39, 0.29) is 0 Å². The average molecular weight is 497 g/mol. The lowest BCUT2D eigenvalue weighted by atomic mass is 10.0. The zero-order chi connectivity index (χ0) is 25.2. The van der Waals surface area contributed by atoms with Crippen molar-refractivity contribution in [3.8, 4) is 5.69 Å². The van der Waals surface area contributed by atoms with Crippen LogP contribution in [0.3, 0.4) is 0 Å². The van der Waals surface area contributed by atoms with Crippen LogP contribution in [-0.4, -0.2) is 8.97 Å². The molecule has 0 aliphatic carbocycles. The zero-order valence-electron chi connectivity index (χ0n) is 20.8. The summed E-state index contributed by atoms with van der Waals surface area (Å²) in [7, 11) is 0. The molecule has 0 spiro atoms. The number of fused-ring (bicyclic) bond motifs is 12. The third-order valence-corrected chi connectivity index (χ3v) is 8.62. The van der Waals surface area contributed by atoms with Crippen molar-refractivity contribution < 1.29 is 4.42 Å². The number of hydrogen-bond donors (Lipinski definition) is 0. The smallest absolute Gasteiger partial charge is 0.137 e. The first kappa shape index (κ1) is 19.8. The minimum absolute atomic E-state index is 0.930. The molecule has 0 saturated carbocycles. The highest BCUT2D eigenvalue weighted by Gasteiger charge is 2.21. The molecule has 0 amide bonds. The molecule has 0 saturated heterocycles. The van der Waals surface area contributed by atoms with Crippen LogP contribution in [0.15, 0.2) is 126 Å². The van der Waals surface area contributed by atoms with Crippen molar-refractivity contribution in [1.29, 1.82) is 0 Å². The molecule has 6 aromatic carbocycles. The minimum Gasteiger partial charge on any atom is -0.456 e. The number of benzene rings is 6. The first-order valence-corrected chi connectivity index (χ1v) is 13.4. The molecule has 0 fully saturated rings. The fourth-order valence-corrected chi connectivity index (χ4v) is 7.01. The second-order valence-corrected chi connectivity index (χ2v) is 10.6. The van der Waals surface area contributed by atoms with Crippen molar-refractivity contribution >= 4 is 81.8 Å². The lowest BCUT2D eigenvalue weighted by molar-refractivity contribution is 0.669. The van der Waals surface area contributed by atoms with Crippen LogP contribution in [0.2, 0.25) is 0 Å². The van der Waals surface area contributed by atoms with Gasteiger partial charge in [0, 0.05) is 54.8 Å². The van der Waals surface area contributed by atoms with Gasteiger partial charge in [0.25, 0.3) is 0 Å². The fraction of sp³-hybridized carbons (Fsp3) is 0. The quantitative estimate of drug-likeness (QED) is 0.222. The standard InChI is InChI=1S/C36H20N2O/c1-2-9-21(10-3-1)37-30-15-6-4-11-22(30)27-18-32-28(19-31(27)37)25-14-8-13-24-26-17-29-23-12-5-7-16-34(23)39-35(29)20-33(26)38(32)36(24)25/h1-20H. The predicted octanol–water partition coefficient (Wildman–Crippen LogP) is 9.83. The van der Waals surface area contributed by atoms with E-state index < -0.39 is 0 Å². The molecule has 10 aromatic rings. The summed E-state index contributed by atoms with van der Waals surface area (Å²) in [6, 6.07) is 43.8. The monoisotopic (exact) mass is 496 g/mol. The van der Waals surface area contributed by atoms with Gasteiger partial charge in [-0.3, -0.25) is 0 Å². The summed E-state index contributed by atoms with van der Waals surface area (Å²) in [5.74, 6) is 0. The van der Waals surface area contributed by atoms with Gasteiger partial charge in [0.15, 0.2) is 0 Å². The molecule has 0 N–H and O–H groups in total. The molecule has 0 atom stereocenters. The van der Waals surface area contributed by atoms with Gasteiger partial charge in [-0.15, -0.1) is 0 Å². The van der Waals surface area contributed by atoms with Gasteiger partial charge in [0.05, 0.1) is 27.6 Å². The summed E-state index contributed by atoms with van der Waals surface area (Å²) in [5, 5.41) is 9.98. The van der Waals surface area contributed by atoms with Crippen molar-refractivity contribution in [1.82, 2.24) is 8.97 Å². The van der Waals surface area contributed by atoms with Gasteiger partial charge >= 0.3 is 0 Å². The molecule has 0 unspecified atom stereocenters. The lowest BCUT2D eigenvalue weighted by Gasteiger charge is -2.07. The van der Waals surface area contributed by atoms with Crippen LogP contribution in [0.5, 0.6) is 0 Å². The number of furan rings is 1. The SMILES string of the molecule is c1ccc(-n2c3ccccc3c3cc4c(cc32)c2cccc3c5cc6c(cc5n4c32)oc2ccccc26)cc1. The van der Waals surface area contributed by atoms with Crippen molar-refractivity contribution in [2.45, 2.75) is 0 Å². The Morgan fingerprint density at radius 3 is 1.90 bits per heavy atom. The van der Waals surface area contributed by atoms with E-state index in [4.69, 9.17) is 4.42 Å². The average Bonchev–Trinajstić information content (AvgIpc) is 3.70. The molecular formula is C36H20N2O. The molecule has 0 aliphatic rings. The molecule has 0 bridgehead atoms. The Morgan fingerprint density at radius 1 is 0.385 bits per heavy atom. The molecule has 10 rings (SSSR count). The van der Waals surface area contributed by atoms with E-state index in [0.29, 0.717) is 0 Å². The maximum atomic E-state index is 6.32. The Hall–Kier alpha value is -5.28. The number of hydrogen-bond acceptors (Lipinski definition) is 1. The highest BCUT2D eigenvalue weighted by Crippen LogP contribution is 2.44. The summed E-state index contributed by atoms with van der Waals surface area (Å²) in [6.45, 7) is 0. The first-order valence-electron chi connectivity index (χ1n) is 13.4. The van der Waals surface area contributed by atoms with E-state index in [1.54, 1.807) is 0 Å². The van der Waals surface area contributed by atoms with Crippen LogP contribution in [0, 0.1) is 0 Å². The van der Waals surface area contributed by atoms with Crippen molar-refractivity contribution in [2.75, 3.05) is 0 Å². The molecule has 3 nitrogen and oxygen atoms in total. The largest absolute Gasteiger partial charge is 0.456 e. The molecule has 0 radical (unpaired) electrons. The van der Waals surface area contributed by atoms with Gasteiger partial charge in [0.1, 0.15) is 11.2 Å². The number of rotatable bonds is 1. The van der Waals surface area contributed by atoms with E-state index in [0.717, 1.165) is 11.2 Å². The van der Waals surface area contributed by atoms with Crippen molar-refractivity contribution in [2.24, 2.45) is 0 Å². The zero-order valence-corrected chi connectivity index (χ0v) is 20.8. The Balaban J connectivity index is 1.42. The second kappa shape index (κ2) is 6.77. The van der Waals surface area contributed by atoms with Crippen LogP contribution in [0.25, 0.3) is 87.5 Å². The summed E-state index contributed by atoms with van der Waals surface area (Å²) in [6.07, 6.45) is 0. The van der Waals surface area contributed by atoms with Crippen molar-refractivity contribution in [3.63, 3.8) is 0 Å². The van der Waals surface area contributed by atoms with Gasteiger partial charge in [-0.2, -0.15) is 0 Å². The number of aromatic nitrogens is 2. The maximum Gasteiger partial charge on any atom is 0.137 e. The van der Waals surface area contributed by atoms with E-state index in [1.165, 1.54) is 76.4 Å². The van der Waals surface area contributed by atoms with Gasteiger partial charge in [-0.25, -0.2) is 0 Å². The highest BCUT2D eigenvalue weighted by molar-refractivity contribution is 6.27. The van der Waals surface area contributed by atoms with E-state index in [2.05, 4.69) is 124 Å². The Bertz CT molecular complexity index is 2600. The Labute approximate surface area is 222 Å². The highest BCUT2D eigenvalue weighted by atomic mass is 16.3. The predicted molar refractivity (Wildman–Crippen MR) is 163 cm³/mol. The van der Waals surface area contributed by atoms with Crippen molar-refractivity contribution in [3.05, 3.63) is 121 Å². The molecule has 4 heterocycles. The fourth-order valence-electron chi connectivity index (χ4n) is 7.01. The number of nitrogens with zero attached hydrogens (tertiary/aromatic N) is 2. The third kappa shape index (κ3) is 2.35. The van der Waals surface area contributed by atoms with Gasteiger partial charge in [-0.1, -0.05) is 72.8 Å². The van der Waals surface area contributed by atoms with Crippen LogP contribution in [0.4, 0.5) is 0 Å². The van der Waals surface area contributed by atoms with E-state index >= 15 is 0 Å². The lowest BCUT2D eigenvalue weighted by Crippen LogP contribution is -1.92. The Kier molecular flexibility index (Phi) is 3.44. The normalized spacial score (nSPS) is 12.6. The minimum atomic E-state index is 0.930. The molecule has 4 aromatic heterocycles. The van der Waals surface area contributed by atoms with Crippen LogP contribution < -0.4 is 0 Å². The van der Waals surface area contributed by atoms with Gasteiger partial charge < -0.3 is 13.4 Å². The van der Waals surface area contributed by atoms with Gasteiger partial charge in [-0.05, 0) is 42.5 Å². The summed E-state index contributed by atoms with van der Waals surface area (Å²) < 4.78 is 11.2. The molecule has 39 heavy (non-hydrogen) atoms. The van der Waals surface area contributed by atoms with Gasteiger partial charge in [0.2, 0.25) is 0 Å². The van der Waals surface area contributed by atoms with E-state index in [1.807, 2.05) is 6.07 Å². The third-order valence-electron chi connectivity index (χ3n) is 8.62. The molecule has 0 aliphatic heterocycles. The second-order valence-electron chi connectivity index (χ2n) is 10.6. The van der Waals surface area contributed by atoms with Crippen LogP contribution in [0.1, 0.15) is 0 Å². The topological polar surface area (TPSA) is 22.5 Å². The number of para-hydroxylation sites is 4. The van der Waals surface area contributed by atoms with E-state index in [9.17, 15) is 0 Å². The molecule has 180 valence electrons. The van der Waals surface area contributed by atoms with Crippen LogP contribution >= 0.6 is 0 Å². The molecule has 3 heteroatoms. The molecular weight excluding hydrogens is 476 g/mol. The summed E-state index contributed by atoms with van der Waals surface area (Å²) >= 11 is 0. The van der Waals surface area contributed by atoms with Crippen LogP contribution in [-0.2, 0) is 0 Å². The Morgan fingerprint density at radius 2 is 1.03 bits per heavy atom.